The third kappa shape index (κ3) is 4.45. The summed E-state index contributed by atoms with van der Waals surface area (Å²) in [4.78, 5) is 28.8. The zero-order valence-corrected chi connectivity index (χ0v) is 16.6. The lowest BCUT2D eigenvalue weighted by Crippen LogP contribution is -2.14. The predicted octanol–water partition coefficient (Wildman–Crippen LogP) is 3.47. The van der Waals surface area contributed by atoms with E-state index in [1.54, 1.807) is 22.3 Å². The zero-order valence-electron chi connectivity index (χ0n) is 15.0. The largest absolute Gasteiger partial charge is 0.456 e. The quantitative estimate of drug-likeness (QED) is 0.443. The third-order valence-electron chi connectivity index (χ3n) is 3.94. The molecule has 3 aromatic heterocycles. The van der Waals surface area contributed by atoms with Crippen LogP contribution in [-0.2, 0) is 22.7 Å². The summed E-state index contributed by atoms with van der Waals surface area (Å²) in [5, 5.41) is 6.66. The number of hydrogen-bond acceptors (Lipinski definition) is 6. The molecule has 3 heterocycles. The van der Waals surface area contributed by atoms with Gasteiger partial charge in [0.05, 0.1) is 11.4 Å². The van der Waals surface area contributed by atoms with Crippen LogP contribution in [0.2, 0.25) is 5.15 Å². The van der Waals surface area contributed by atoms with Gasteiger partial charge >= 0.3 is 5.97 Å². The Morgan fingerprint density at radius 1 is 1.44 bits per heavy atom. The highest BCUT2D eigenvalue weighted by molar-refractivity contribution is 7.15. The van der Waals surface area contributed by atoms with E-state index in [-0.39, 0.29) is 12.2 Å². The van der Waals surface area contributed by atoms with Crippen LogP contribution >= 0.6 is 22.9 Å². The van der Waals surface area contributed by atoms with Crippen LogP contribution in [0.1, 0.15) is 36.7 Å². The number of ether oxygens (including phenoxy) is 1. The number of carbonyl (C=O) groups is 1. The summed E-state index contributed by atoms with van der Waals surface area (Å²) in [6, 6.07) is 1.36. The van der Waals surface area contributed by atoms with Crippen molar-refractivity contribution in [1.29, 1.82) is 0 Å². The highest BCUT2D eigenvalue weighted by atomic mass is 35.5. The van der Waals surface area contributed by atoms with E-state index in [0.717, 1.165) is 25.1 Å². The van der Waals surface area contributed by atoms with Crippen molar-refractivity contribution < 1.29 is 9.53 Å². The highest BCUT2D eigenvalue weighted by Crippen LogP contribution is 2.21. The topological polar surface area (TPSA) is 78.5 Å². The summed E-state index contributed by atoms with van der Waals surface area (Å²) in [5.74, 6) is -0.542. The maximum absolute atomic E-state index is 12.0. The molecule has 7 nitrogen and oxygen atoms in total. The zero-order chi connectivity index (χ0) is 19.4. The van der Waals surface area contributed by atoms with Gasteiger partial charge in [0.15, 0.2) is 4.96 Å². The van der Waals surface area contributed by atoms with E-state index in [1.165, 1.54) is 27.9 Å². The second-order valence-electron chi connectivity index (χ2n) is 5.95. The van der Waals surface area contributed by atoms with Crippen molar-refractivity contribution in [3.63, 3.8) is 0 Å². The van der Waals surface area contributed by atoms with Crippen molar-refractivity contribution in [3.8, 4) is 0 Å². The first-order valence-corrected chi connectivity index (χ1v) is 9.79. The van der Waals surface area contributed by atoms with E-state index in [0.29, 0.717) is 21.4 Å². The number of rotatable bonds is 7. The molecule has 0 radical (unpaired) electrons. The van der Waals surface area contributed by atoms with Crippen LogP contribution in [0.5, 0.6) is 0 Å². The van der Waals surface area contributed by atoms with Gasteiger partial charge in [0.2, 0.25) is 0 Å². The number of carbonyl (C=O) groups excluding carboxylic acids is 1. The number of aromatic nitrogens is 4. The summed E-state index contributed by atoms with van der Waals surface area (Å²) < 4.78 is 8.36. The Bertz CT molecular complexity index is 1050. The lowest BCUT2D eigenvalue weighted by Gasteiger charge is -2.02. The van der Waals surface area contributed by atoms with Gasteiger partial charge in [-0.05, 0) is 19.4 Å². The van der Waals surface area contributed by atoms with Crippen molar-refractivity contribution in [2.24, 2.45) is 0 Å². The van der Waals surface area contributed by atoms with Gasteiger partial charge < -0.3 is 4.74 Å². The lowest BCUT2D eigenvalue weighted by atomic mass is 10.2. The van der Waals surface area contributed by atoms with Gasteiger partial charge in [0.1, 0.15) is 11.8 Å². The van der Waals surface area contributed by atoms with E-state index < -0.39 is 5.97 Å². The number of thiazole rings is 1. The third-order valence-corrected chi connectivity index (χ3v) is 5.09. The minimum absolute atomic E-state index is 0.0741. The molecule has 0 aliphatic carbocycles. The van der Waals surface area contributed by atoms with Gasteiger partial charge in [-0.1, -0.05) is 24.9 Å². The highest BCUT2D eigenvalue weighted by Gasteiger charge is 2.11. The molecule has 0 saturated carbocycles. The molecule has 3 rings (SSSR count). The van der Waals surface area contributed by atoms with E-state index in [2.05, 4.69) is 17.0 Å². The van der Waals surface area contributed by atoms with E-state index in [9.17, 15) is 9.59 Å². The smallest absolute Gasteiger partial charge is 0.331 e. The summed E-state index contributed by atoms with van der Waals surface area (Å²) in [6.45, 7) is 4.60. The van der Waals surface area contributed by atoms with Gasteiger partial charge in [-0.3, -0.25) is 13.9 Å². The second-order valence-corrected chi connectivity index (χ2v) is 7.18. The van der Waals surface area contributed by atoms with Gasteiger partial charge in [-0.2, -0.15) is 5.10 Å². The summed E-state index contributed by atoms with van der Waals surface area (Å²) in [6.07, 6.45) is 6.58. The second kappa shape index (κ2) is 8.49. The molecule has 142 valence electrons. The number of nitrogens with zero attached hydrogens (tertiary/aromatic N) is 4. The van der Waals surface area contributed by atoms with Crippen LogP contribution in [0, 0.1) is 6.92 Å². The molecular weight excluding hydrogens is 388 g/mol. The van der Waals surface area contributed by atoms with E-state index in [4.69, 9.17) is 16.3 Å². The minimum atomic E-state index is -0.542. The fourth-order valence-electron chi connectivity index (χ4n) is 2.52. The molecule has 0 atom stereocenters. The van der Waals surface area contributed by atoms with Crippen molar-refractivity contribution in [2.75, 3.05) is 0 Å². The molecule has 0 saturated heterocycles. The van der Waals surface area contributed by atoms with E-state index in [1.807, 2.05) is 6.92 Å². The number of aryl methyl sites for hydroxylation is 2. The van der Waals surface area contributed by atoms with E-state index >= 15 is 0 Å². The molecule has 0 unspecified atom stereocenters. The molecule has 0 spiro atoms. The normalized spacial score (nSPS) is 11.5. The Morgan fingerprint density at radius 3 is 3.04 bits per heavy atom. The van der Waals surface area contributed by atoms with Gasteiger partial charge in [0, 0.05) is 35.8 Å². The molecular formula is C18H19ClN4O3S. The number of halogens is 1. The van der Waals surface area contributed by atoms with Gasteiger partial charge in [-0.15, -0.1) is 11.3 Å². The molecule has 3 aromatic rings. The number of fused-ring (bicyclic) bond motifs is 1. The fraction of sp³-hybridized carbons (Fsp3) is 0.333. The average molecular weight is 407 g/mol. The first-order chi connectivity index (χ1) is 13.0. The Kier molecular flexibility index (Phi) is 6.08. The Balaban J connectivity index is 1.65. The maximum Gasteiger partial charge on any atom is 0.331 e. The number of hydrogen-bond donors (Lipinski definition) is 0. The molecule has 9 heteroatoms. The Morgan fingerprint density at radius 2 is 2.26 bits per heavy atom. The first-order valence-electron chi connectivity index (χ1n) is 8.53. The molecule has 0 fully saturated rings. The molecule has 0 aliphatic rings. The van der Waals surface area contributed by atoms with Gasteiger partial charge in [0.25, 0.3) is 5.56 Å². The molecule has 0 aliphatic heterocycles. The van der Waals surface area contributed by atoms with Crippen molar-refractivity contribution >= 4 is 39.9 Å². The monoisotopic (exact) mass is 406 g/mol. The molecule has 0 N–H and O–H groups in total. The summed E-state index contributed by atoms with van der Waals surface area (Å²) in [7, 11) is 0. The standard InChI is InChI=1S/C18H19ClN4O3S/c1-3-4-7-23-17(19)14(12(2)21-23)5-6-16(25)26-11-13-10-15(24)22-8-9-27-18(22)20-13/h5-6,8-10H,3-4,7,11H2,1-2H3/b6-5+. The number of esters is 1. The Hall–Kier alpha value is -2.45. The SMILES string of the molecule is CCCCn1nc(C)c(/C=C/C(=O)OCc2cc(=O)n3ccsc3n2)c1Cl. The first kappa shape index (κ1) is 19.3. The van der Waals surface area contributed by atoms with Crippen molar-refractivity contribution in [3.05, 3.63) is 56.2 Å². The van der Waals surface area contributed by atoms with Crippen LogP contribution in [0.3, 0.4) is 0 Å². The lowest BCUT2D eigenvalue weighted by molar-refractivity contribution is -0.139. The van der Waals surface area contributed by atoms with Crippen LogP contribution in [-0.4, -0.2) is 25.1 Å². The number of unbranched alkanes of at least 4 members (excludes halogenated alkanes) is 1. The maximum atomic E-state index is 12.0. The van der Waals surface area contributed by atoms with Crippen molar-refractivity contribution in [2.45, 2.75) is 39.8 Å². The van der Waals surface area contributed by atoms with Crippen LogP contribution in [0.25, 0.3) is 11.0 Å². The predicted molar refractivity (Wildman–Crippen MR) is 105 cm³/mol. The van der Waals surface area contributed by atoms with Crippen LogP contribution in [0.15, 0.2) is 28.5 Å². The van der Waals surface area contributed by atoms with Gasteiger partial charge in [-0.25, -0.2) is 9.78 Å². The minimum Gasteiger partial charge on any atom is -0.456 e. The fourth-order valence-corrected chi connectivity index (χ4v) is 3.58. The molecule has 27 heavy (non-hydrogen) atoms. The summed E-state index contributed by atoms with van der Waals surface area (Å²) in [5.41, 5.74) is 1.65. The average Bonchev–Trinajstić information content (AvgIpc) is 3.22. The van der Waals surface area contributed by atoms with Crippen LogP contribution in [0.4, 0.5) is 0 Å². The Labute approximate surface area is 164 Å². The van der Waals surface area contributed by atoms with Crippen molar-refractivity contribution in [1.82, 2.24) is 19.2 Å². The molecule has 0 bridgehead atoms. The molecule has 0 aromatic carbocycles. The summed E-state index contributed by atoms with van der Waals surface area (Å²) >= 11 is 7.68. The molecule has 0 amide bonds. The van der Waals surface area contributed by atoms with Crippen LogP contribution < -0.4 is 5.56 Å².